The third-order valence-electron chi connectivity index (χ3n) is 5.74. The first-order chi connectivity index (χ1) is 15.7. The van der Waals surface area contributed by atoms with Crippen molar-refractivity contribution in [1.29, 1.82) is 0 Å². The summed E-state index contributed by atoms with van der Waals surface area (Å²) in [5, 5.41) is 0.233. The van der Waals surface area contributed by atoms with Crippen molar-refractivity contribution in [3.8, 4) is 11.5 Å². The molecule has 7 nitrogen and oxygen atoms in total. The van der Waals surface area contributed by atoms with Gasteiger partial charge in [-0.1, -0.05) is 23.7 Å². The van der Waals surface area contributed by atoms with Crippen molar-refractivity contribution < 1.29 is 28.2 Å². The Kier molecular flexibility index (Phi) is 8.15. The van der Waals surface area contributed by atoms with E-state index >= 15 is 0 Å². The fourth-order valence-corrected chi connectivity index (χ4v) is 4.13. The highest BCUT2D eigenvalue weighted by Gasteiger charge is 2.32. The number of esters is 1. The molecular formula is C24H28ClFN2O5. The lowest BCUT2D eigenvalue weighted by Gasteiger charge is -2.44. The van der Waals surface area contributed by atoms with Crippen molar-refractivity contribution >= 4 is 23.5 Å². The smallest absolute Gasteiger partial charge is 0.341 e. The zero-order valence-corrected chi connectivity index (χ0v) is 19.9. The molecule has 0 bridgehead atoms. The van der Waals surface area contributed by atoms with Gasteiger partial charge in [-0.25, -0.2) is 9.18 Å². The van der Waals surface area contributed by atoms with E-state index in [-0.39, 0.29) is 46.8 Å². The maximum atomic E-state index is 13.2. The van der Waals surface area contributed by atoms with Crippen LogP contribution < -0.4 is 9.47 Å². The van der Waals surface area contributed by atoms with Crippen LogP contribution in [-0.2, 0) is 16.1 Å². The highest BCUT2D eigenvalue weighted by molar-refractivity contribution is 6.32. The van der Waals surface area contributed by atoms with Crippen LogP contribution in [0.15, 0.2) is 36.4 Å². The molecule has 1 aliphatic rings. The predicted molar refractivity (Wildman–Crippen MR) is 122 cm³/mol. The minimum Gasteiger partial charge on any atom is -0.495 e. The van der Waals surface area contributed by atoms with Gasteiger partial charge in [-0.2, -0.15) is 0 Å². The van der Waals surface area contributed by atoms with Crippen LogP contribution in [0.5, 0.6) is 11.5 Å². The molecule has 1 fully saturated rings. The molecule has 1 heterocycles. The lowest BCUT2D eigenvalue weighted by atomic mass is 10.1. The van der Waals surface area contributed by atoms with Crippen molar-refractivity contribution in [2.75, 3.05) is 33.9 Å². The van der Waals surface area contributed by atoms with Gasteiger partial charge in [0.2, 0.25) is 0 Å². The Hall–Kier alpha value is -2.84. The number of carbonyl (C=O) groups excluding carboxylic acids is 2. The Balaban J connectivity index is 1.65. The number of methoxy groups -OCH3 is 2. The Labute approximate surface area is 198 Å². The van der Waals surface area contributed by atoms with Crippen LogP contribution in [0.1, 0.15) is 29.8 Å². The molecule has 0 N–H and O–H groups in total. The Morgan fingerprint density at radius 3 is 2.39 bits per heavy atom. The lowest BCUT2D eigenvalue weighted by Crippen LogP contribution is -2.58. The number of carbonyl (C=O) groups is 2. The van der Waals surface area contributed by atoms with Crippen LogP contribution >= 0.6 is 11.6 Å². The quantitative estimate of drug-likeness (QED) is 0.564. The number of ether oxygens (including phenoxy) is 3. The van der Waals surface area contributed by atoms with Crippen molar-refractivity contribution in [1.82, 2.24) is 9.80 Å². The fraction of sp³-hybridized carbons (Fsp3) is 0.417. The molecule has 2 aromatic carbocycles. The van der Waals surface area contributed by atoms with E-state index in [2.05, 4.69) is 11.8 Å². The SMILES string of the molecule is COC(=O)c1cc(Cl)c(OC)cc1OCC(=O)N1C[C@H](C)N(Cc2ccc(F)cc2)C[C@H]1C. The average molecular weight is 479 g/mol. The molecule has 2 atom stereocenters. The van der Waals surface area contributed by atoms with Crippen LogP contribution in [0, 0.1) is 5.82 Å². The Morgan fingerprint density at radius 2 is 1.76 bits per heavy atom. The van der Waals surface area contributed by atoms with E-state index in [1.54, 1.807) is 17.0 Å². The van der Waals surface area contributed by atoms with Crippen molar-refractivity contribution in [3.05, 3.63) is 58.4 Å². The van der Waals surface area contributed by atoms with E-state index in [1.807, 2.05) is 6.92 Å². The number of amides is 1. The molecule has 2 aromatic rings. The topological polar surface area (TPSA) is 68.3 Å². The molecule has 3 rings (SSSR count). The summed E-state index contributed by atoms with van der Waals surface area (Å²) in [4.78, 5) is 29.1. The third-order valence-corrected chi connectivity index (χ3v) is 6.04. The summed E-state index contributed by atoms with van der Waals surface area (Å²) in [7, 11) is 2.70. The minimum atomic E-state index is -0.626. The van der Waals surface area contributed by atoms with Crippen LogP contribution in [0.3, 0.4) is 0 Å². The molecule has 0 radical (unpaired) electrons. The standard InChI is InChI=1S/C24H28ClFN2O5/c1-15-12-28(16(2)11-27(15)13-17-5-7-18(26)8-6-17)23(29)14-33-21-10-22(31-3)20(25)9-19(21)24(30)32-4/h5-10,15-16H,11-14H2,1-4H3/t15-,16+/m0/s1. The minimum absolute atomic E-state index is 0.0439. The molecule has 1 saturated heterocycles. The molecular weight excluding hydrogens is 451 g/mol. The van der Waals surface area contributed by atoms with E-state index < -0.39 is 5.97 Å². The van der Waals surface area contributed by atoms with Crippen LogP contribution in [0.4, 0.5) is 4.39 Å². The highest BCUT2D eigenvalue weighted by Crippen LogP contribution is 2.33. The van der Waals surface area contributed by atoms with Gasteiger partial charge in [0.15, 0.2) is 6.61 Å². The molecule has 0 saturated carbocycles. The summed E-state index contributed by atoms with van der Waals surface area (Å²) >= 11 is 6.11. The maximum absolute atomic E-state index is 13.2. The number of halogens is 2. The van der Waals surface area contributed by atoms with Crippen molar-refractivity contribution in [2.24, 2.45) is 0 Å². The van der Waals surface area contributed by atoms with Gasteiger partial charge in [-0.05, 0) is 37.6 Å². The molecule has 0 aromatic heterocycles. The van der Waals surface area contributed by atoms with E-state index in [1.165, 1.54) is 38.5 Å². The summed E-state index contributed by atoms with van der Waals surface area (Å²) in [5.74, 6) is -0.599. The van der Waals surface area contributed by atoms with Gasteiger partial charge < -0.3 is 19.1 Å². The second-order valence-corrected chi connectivity index (χ2v) is 8.47. The van der Waals surface area contributed by atoms with Gasteiger partial charge in [0.25, 0.3) is 5.91 Å². The molecule has 9 heteroatoms. The Bertz CT molecular complexity index is 1000. The maximum Gasteiger partial charge on any atom is 0.341 e. The van der Waals surface area contributed by atoms with Crippen molar-refractivity contribution in [3.63, 3.8) is 0 Å². The van der Waals surface area contributed by atoms with Gasteiger partial charge in [0.05, 0.1) is 19.2 Å². The predicted octanol–water partition coefficient (Wildman–Crippen LogP) is 3.77. The van der Waals surface area contributed by atoms with E-state index in [9.17, 15) is 14.0 Å². The van der Waals surface area contributed by atoms with Gasteiger partial charge in [0.1, 0.15) is 22.9 Å². The third kappa shape index (κ3) is 5.94. The van der Waals surface area contributed by atoms with E-state index in [0.29, 0.717) is 25.4 Å². The fourth-order valence-electron chi connectivity index (χ4n) is 3.89. The summed E-state index contributed by atoms with van der Waals surface area (Å²) in [6.07, 6.45) is 0. The van der Waals surface area contributed by atoms with E-state index in [4.69, 9.17) is 25.8 Å². The van der Waals surface area contributed by atoms with Crippen LogP contribution in [-0.4, -0.2) is 67.7 Å². The summed E-state index contributed by atoms with van der Waals surface area (Å²) in [6, 6.07) is 9.38. The lowest BCUT2D eigenvalue weighted by molar-refractivity contribution is -0.139. The summed E-state index contributed by atoms with van der Waals surface area (Å²) in [6.45, 7) is 5.66. The Morgan fingerprint density at radius 1 is 1.06 bits per heavy atom. The zero-order chi connectivity index (χ0) is 24.1. The number of hydrogen-bond donors (Lipinski definition) is 0. The molecule has 1 aliphatic heterocycles. The normalized spacial score (nSPS) is 18.7. The van der Waals surface area contributed by atoms with Gasteiger partial charge >= 0.3 is 5.97 Å². The number of benzene rings is 2. The highest BCUT2D eigenvalue weighted by atomic mass is 35.5. The monoisotopic (exact) mass is 478 g/mol. The van der Waals surface area contributed by atoms with Crippen LogP contribution in [0.25, 0.3) is 0 Å². The van der Waals surface area contributed by atoms with Crippen molar-refractivity contribution in [2.45, 2.75) is 32.5 Å². The molecule has 33 heavy (non-hydrogen) atoms. The van der Waals surface area contributed by atoms with Gasteiger partial charge in [-0.3, -0.25) is 9.69 Å². The summed E-state index contributed by atoms with van der Waals surface area (Å²) < 4.78 is 28.9. The number of nitrogens with zero attached hydrogens (tertiary/aromatic N) is 2. The first kappa shape index (κ1) is 24.8. The summed E-state index contributed by atoms with van der Waals surface area (Å²) in [5.41, 5.74) is 1.13. The second-order valence-electron chi connectivity index (χ2n) is 8.06. The molecule has 1 amide bonds. The average Bonchev–Trinajstić information content (AvgIpc) is 2.80. The molecule has 0 spiro atoms. The first-order valence-corrected chi connectivity index (χ1v) is 11.0. The molecule has 0 unspecified atom stereocenters. The van der Waals surface area contributed by atoms with E-state index in [0.717, 1.165) is 5.56 Å². The number of rotatable bonds is 7. The number of hydrogen-bond acceptors (Lipinski definition) is 6. The van der Waals surface area contributed by atoms with Gasteiger partial charge in [0, 0.05) is 37.8 Å². The molecule has 0 aliphatic carbocycles. The zero-order valence-electron chi connectivity index (χ0n) is 19.1. The number of piperazine rings is 1. The second kappa shape index (κ2) is 10.9. The largest absolute Gasteiger partial charge is 0.495 e. The van der Waals surface area contributed by atoms with Gasteiger partial charge in [-0.15, -0.1) is 0 Å². The molecule has 178 valence electrons. The van der Waals surface area contributed by atoms with Crippen LogP contribution in [0.2, 0.25) is 5.02 Å². The first-order valence-electron chi connectivity index (χ1n) is 10.6.